The van der Waals surface area contributed by atoms with Gasteiger partial charge >= 0.3 is 0 Å². The van der Waals surface area contributed by atoms with E-state index < -0.39 is 0 Å². The smallest absolute Gasteiger partial charge is 0.251 e. The van der Waals surface area contributed by atoms with Crippen LogP contribution in [0.25, 0.3) is 0 Å². The number of rotatable bonds is 6. The Bertz CT molecular complexity index is 472. The first-order valence-corrected chi connectivity index (χ1v) is 6.70. The van der Waals surface area contributed by atoms with Crippen LogP contribution in [0.1, 0.15) is 29.6 Å². The monoisotopic (exact) mass is 283 g/mol. The van der Waals surface area contributed by atoms with Crippen molar-refractivity contribution < 1.29 is 14.6 Å². The van der Waals surface area contributed by atoms with Crippen LogP contribution < -0.4 is 5.32 Å². The molecule has 5 heteroatoms. The third kappa shape index (κ3) is 3.61. The lowest BCUT2D eigenvalue weighted by atomic mass is 10.0. The standard InChI is InChI=1S/C14H18ClNO3/c1-19-7-6-14(4-5-14)9-16-13(18)10-2-3-12(17)11(15)8-10/h2-3,8,17H,4-7,9H2,1H3,(H,16,18). The van der Waals surface area contributed by atoms with Gasteiger partial charge in [0.05, 0.1) is 5.02 Å². The normalized spacial score (nSPS) is 16.1. The van der Waals surface area contributed by atoms with Crippen LogP contribution in [0, 0.1) is 5.41 Å². The molecule has 1 aliphatic rings. The van der Waals surface area contributed by atoms with E-state index in [0.717, 1.165) is 25.9 Å². The molecule has 2 rings (SSSR count). The van der Waals surface area contributed by atoms with Gasteiger partial charge in [-0.05, 0) is 42.9 Å². The quantitative estimate of drug-likeness (QED) is 0.844. The highest BCUT2D eigenvalue weighted by Gasteiger charge is 2.42. The molecule has 4 nitrogen and oxygen atoms in total. The van der Waals surface area contributed by atoms with Crippen molar-refractivity contribution >= 4 is 17.5 Å². The summed E-state index contributed by atoms with van der Waals surface area (Å²) in [7, 11) is 1.69. The molecule has 1 amide bonds. The summed E-state index contributed by atoms with van der Waals surface area (Å²) in [5, 5.41) is 12.4. The molecule has 0 heterocycles. The van der Waals surface area contributed by atoms with Gasteiger partial charge in [-0.1, -0.05) is 11.6 Å². The molecule has 1 aromatic rings. The summed E-state index contributed by atoms with van der Waals surface area (Å²) < 4.78 is 5.08. The second-order valence-corrected chi connectivity index (χ2v) is 5.50. The van der Waals surface area contributed by atoms with Gasteiger partial charge < -0.3 is 15.2 Å². The fourth-order valence-electron chi connectivity index (χ4n) is 2.03. The average molecular weight is 284 g/mol. The van der Waals surface area contributed by atoms with E-state index in [9.17, 15) is 9.90 Å². The van der Waals surface area contributed by atoms with E-state index in [1.807, 2.05) is 0 Å². The molecule has 1 saturated carbocycles. The summed E-state index contributed by atoms with van der Waals surface area (Å²) in [5.74, 6) is -0.178. The molecule has 1 fully saturated rings. The molecule has 0 bridgehead atoms. The zero-order valence-corrected chi connectivity index (χ0v) is 11.7. The number of phenolic OH excluding ortho intramolecular Hbond substituents is 1. The molecular formula is C14H18ClNO3. The molecule has 1 aromatic carbocycles. The van der Waals surface area contributed by atoms with Gasteiger partial charge in [-0.15, -0.1) is 0 Å². The number of carbonyl (C=O) groups is 1. The van der Waals surface area contributed by atoms with Gasteiger partial charge in [0.15, 0.2) is 0 Å². The van der Waals surface area contributed by atoms with Crippen molar-refractivity contribution in [1.29, 1.82) is 0 Å². The second-order valence-electron chi connectivity index (χ2n) is 5.09. The molecule has 2 N–H and O–H groups in total. The Morgan fingerprint density at radius 1 is 1.53 bits per heavy atom. The first-order valence-electron chi connectivity index (χ1n) is 6.32. The maximum atomic E-state index is 12.0. The largest absolute Gasteiger partial charge is 0.506 e. The topological polar surface area (TPSA) is 58.6 Å². The number of methoxy groups -OCH3 is 1. The zero-order valence-electron chi connectivity index (χ0n) is 10.9. The number of amides is 1. The molecule has 0 aliphatic heterocycles. The lowest BCUT2D eigenvalue weighted by molar-refractivity contribution is 0.0938. The highest BCUT2D eigenvalue weighted by molar-refractivity contribution is 6.32. The van der Waals surface area contributed by atoms with Crippen LogP contribution in [-0.2, 0) is 4.74 Å². The van der Waals surface area contributed by atoms with Crippen molar-refractivity contribution in [2.45, 2.75) is 19.3 Å². The SMILES string of the molecule is COCCC1(CNC(=O)c2ccc(O)c(Cl)c2)CC1. The Hall–Kier alpha value is -1.26. The van der Waals surface area contributed by atoms with Crippen LogP contribution in [-0.4, -0.2) is 31.3 Å². The molecular weight excluding hydrogens is 266 g/mol. The first kappa shape index (κ1) is 14.2. The number of hydrogen-bond donors (Lipinski definition) is 2. The molecule has 0 unspecified atom stereocenters. The van der Waals surface area contributed by atoms with E-state index in [1.54, 1.807) is 13.2 Å². The number of benzene rings is 1. The summed E-state index contributed by atoms with van der Waals surface area (Å²) in [6.45, 7) is 1.38. The fourth-order valence-corrected chi connectivity index (χ4v) is 2.21. The highest BCUT2D eigenvalue weighted by atomic mass is 35.5. The molecule has 1 aliphatic carbocycles. The molecule has 0 saturated heterocycles. The third-order valence-electron chi connectivity index (χ3n) is 3.63. The maximum Gasteiger partial charge on any atom is 0.251 e. The van der Waals surface area contributed by atoms with E-state index in [0.29, 0.717) is 12.1 Å². The Balaban J connectivity index is 1.89. The van der Waals surface area contributed by atoms with Gasteiger partial charge in [0.25, 0.3) is 5.91 Å². The lowest BCUT2D eigenvalue weighted by Gasteiger charge is -2.15. The van der Waals surface area contributed by atoms with Gasteiger partial charge in [-0.3, -0.25) is 4.79 Å². The summed E-state index contributed by atoms with van der Waals surface area (Å²) in [4.78, 5) is 12.0. The van der Waals surface area contributed by atoms with Crippen LogP contribution >= 0.6 is 11.6 Å². The van der Waals surface area contributed by atoms with Crippen molar-refractivity contribution in [2.24, 2.45) is 5.41 Å². The van der Waals surface area contributed by atoms with E-state index in [-0.39, 0.29) is 22.1 Å². The average Bonchev–Trinajstić information content (AvgIpc) is 3.17. The fraction of sp³-hybridized carbons (Fsp3) is 0.500. The Labute approximate surface area is 117 Å². The number of nitrogens with one attached hydrogen (secondary N) is 1. The second kappa shape index (κ2) is 5.80. The predicted molar refractivity (Wildman–Crippen MR) is 73.6 cm³/mol. The van der Waals surface area contributed by atoms with Crippen molar-refractivity contribution in [3.8, 4) is 5.75 Å². The zero-order chi connectivity index (χ0) is 13.9. The minimum absolute atomic E-state index is 0.0167. The number of hydrogen-bond acceptors (Lipinski definition) is 3. The maximum absolute atomic E-state index is 12.0. The summed E-state index contributed by atoms with van der Waals surface area (Å²) in [5.41, 5.74) is 0.678. The number of aromatic hydroxyl groups is 1. The lowest BCUT2D eigenvalue weighted by Crippen LogP contribution is -2.30. The summed E-state index contributed by atoms with van der Waals surface area (Å²) in [6, 6.07) is 4.46. The van der Waals surface area contributed by atoms with Crippen LogP contribution in [0.4, 0.5) is 0 Å². The molecule has 0 atom stereocenters. The summed E-state index contributed by atoms with van der Waals surface area (Å²) >= 11 is 5.78. The van der Waals surface area contributed by atoms with Crippen molar-refractivity contribution in [2.75, 3.05) is 20.3 Å². The summed E-state index contributed by atoms with van der Waals surface area (Å²) in [6.07, 6.45) is 3.24. The Kier molecular flexibility index (Phi) is 4.32. The van der Waals surface area contributed by atoms with Gasteiger partial charge in [-0.2, -0.15) is 0 Å². The van der Waals surface area contributed by atoms with Crippen molar-refractivity contribution in [3.63, 3.8) is 0 Å². The van der Waals surface area contributed by atoms with Gasteiger partial charge in [-0.25, -0.2) is 0 Å². The molecule has 0 spiro atoms. The van der Waals surface area contributed by atoms with Crippen LogP contribution in [0.2, 0.25) is 5.02 Å². The number of carbonyl (C=O) groups excluding carboxylic acids is 1. The molecule has 104 valence electrons. The van der Waals surface area contributed by atoms with Gasteiger partial charge in [0, 0.05) is 25.8 Å². The number of ether oxygens (including phenoxy) is 1. The highest BCUT2D eigenvalue weighted by Crippen LogP contribution is 2.48. The van der Waals surface area contributed by atoms with Gasteiger partial charge in [0.1, 0.15) is 5.75 Å². The molecule has 0 aromatic heterocycles. The predicted octanol–water partition coefficient (Wildman–Crippen LogP) is 2.59. The third-order valence-corrected chi connectivity index (χ3v) is 3.93. The minimum atomic E-state index is -0.161. The Morgan fingerprint density at radius 2 is 2.26 bits per heavy atom. The van der Waals surface area contributed by atoms with E-state index in [4.69, 9.17) is 16.3 Å². The number of halogens is 1. The number of phenols is 1. The van der Waals surface area contributed by atoms with Crippen molar-refractivity contribution in [3.05, 3.63) is 28.8 Å². The molecule has 19 heavy (non-hydrogen) atoms. The van der Waals surface area contributed by atoms with Crippen LogP contribution in [0.5, 0.6) is 5.75 Å². The minimum Gasteiger partial charge on any atom is -0.506 e. The first-order chi connectivity index (χ1) is 9.06. The van der Waals surface area contributed by atoms with E-state index in [2.05, 4.69) is 5.32 Å². The van der Waals surface area contributed by atoms with Crippen molar-refractivity contribution in [1.82, 2.24) is 5.32 Å². The Morgan fingerprint density at radius 3 is 2.84 bits per heavy atom. The van der Waals surface area contributed by atoms with Crippen LogP contribution in [0.15, 0.2) is 18.2 Å². The van der Waals surface area contributed by atoms with Crippen LogP contribution in [0.3, 0.4) is 0 Å². The van der Waals surface area contributed by atoms with Gasteiger partial charge in [0.2, 0.25) is 0 Å². The van der Waals surface area contributed by atoms with E-state index >= 15 is 0 Å². The molecule has 0 radical (unpaired) electrons. The van der Waals surface area contributed by atoms with E-state index in [1.165, 1.54) is 12.1 Å².